The van der Waals surface area contributed by atoms with Crippen LogP contribution in [0.4, 0.5) is 0 Å². The molecule has 6 nitrogen and oxygen atoms in total. The number of hydrogen-bond donors (Lipinski definition) is 1. The van der Waals surface area contributed by atoms with Gasteiger partial charge in [-0.25, -0.2) is 0 Å². The summed E-state index contributed by atoms with van der Waals surface area (Å²) in [6, 6.07) is 8.08. The molecule has 0 aliphatic rings. The summed E-state index contributed by atoms with van der Waals surface area (Å²) in [5.74, 6) is 1.03. The van der Waals surface area contributed by atoms with Crippen LogP contribution in [-0.2, 0) is 11.3 Å². The van der Waals surface area contributed by atoms with Crippen molar-refractivity contribution in [3.8, 4) is 11.5 Å². The summed E-state index contributed by atoms with van der Waals surface area (Å²) < 4.78 is 7.40. The van der Waals surface area contributed by atoms with E-state index in [-0.39, 0.29) is 11.9 Å². The Morgan fingerprint density at radius 3 is 2.87 bits per heavy atom. The van der Waals surface area contributed by atoms with Crippen LogP contribution in [0.25, 0.3) is 22.4 Å². The highest BCUT2D eigenvalue weighted by Crippen LogP contribution is 2.24. The zero-order valence-electron chi connectivity index (χ0n) is 13.5. The van der Waals surface area contributed by atoms with Crippen LogP contribution in [-0.4, -0.2) is 26.7 Å². The quantitative estimate of drug-likeness (QED) is 0.786. The Morgan fingerprint density at radius 2 is 2.17 bits per heavy atom. The Labute approximate surface area is 134 Å². The predicted octanol–water partition coefficient (Wildman–Crippen LogP) is 2.91. The molecule has 0 aliphatic carbocycles. The van der Waals surface area contributed by atoms with Gasteiger partial charge < -0.3 is 14.3 Å². The summed E-state index contributed by atoms with van der Waals surface area (Å²) in [6.45, 7) is 6.10. The number of nitrogens with zero attached hydrogens (tertiary/aromatic N) is 3. The van der Waals surface area contributed by atoms with Gasteiger partial charge in [0.2, 0.25) is 17.7 Å². The lowest BCUT2D eigenvalue weighted by Crippen LogP contribution is -2.34. The smallest absolute Gasteiger partial charge is 0.247 e. The second kappa shape index (κ2) is 6.24. The molecular weight excluding hydrogens is 292 g/mol. The van der Waals surface area contributed by atoms with Gasteiger partial charge in [0.05, 0.1) is 0 Å². The molecule has 23 heavy (non-hydrogen) atoms. The lowest BCUT2D eigenvalue weighted by Gasteiger charge is -2.12. The van der Waals surface area contributed by atoms with Gasteiger partial charge in [-0.05, 0) is 36.9 Å². The van der Waals surface area contributed by atoms with Crippen molar-refractivity contribution < 1.29 is 9.21 Å². The fourth-order valence-corrected chi connectivity index (χ4v) is 2.45. The lowest BCUT2D eigenvalue weighted by molar-refractivity contribution is -0.122. The molecule has 0 saturated carbocycles. The molecule has 120 valence electrons. The summed E-state index contributed by atoms with van der Waals surface area (Å²) in [6.07, 6.45) is 2.84. The van der Waals surface area contributed by atoms with E-state index in [1.165, 1.54) is 0 Å². The number of nitrogens with one attached hydrogen (secondary N) is 1. The van der Waals surface area contributed by atoms with Gasteiger partial charge in [0.25, 0.3) is 0 Å². The molecule has 2 aromatic heterocycles. The van der Waals surface area contributed by atoms with Crippen LogP contribution < -0.4 is 5.32 Å². The fraction of sp³-hybridized carbons (Fsp3) is 0.353. The number of amides is 1. The van der Waals surface area contributed by atoms with Crippen molar-refractivity contribution in [1.82, 2.24) is 20.1 Å². The van der Waals surface area contributed by atoms with Crippen LogP contribution >= 0.6 is 0 Å². The molecule has 6 heteroatoms. The summed E-state index contributed by atoms with van der Waals surface area (Å²) in [5.41, 5.74) is 1.82. The first kappa shape index (κ1) is 15.3. The number of carbonyl (C=O) groups is 1. The first-order valence-corrected chi connectivity index (χ1v) is 7.75. The van der Waals surface area contributed by atoms with E-state index in [1.54, 1.807) is 6.92 Å². The second-order valence-electron chi connectivity index (χ2n) is 5.72. The Balaban J connectivity index is 1.88. The Hall–Kier alpha value is -2.63. The lowest BCUT2D eigenvalue weighted by atomic mass is 10.1. The number of benzene rings is 1. The Morgan fingerprint density at radius 1 is 1.35 bits per heavy atom. The van der Waals surface area contributed by atoms with E-state index in [9.17, 15) is 4.79 Å². The second-order valence-corrected chi connectivity index (χ2v) is 5.72. The van der Waals surface area contributed by atoms with Gasteiger partial charge in [0.15, 0.2) is 0 Å². The molecule has 1 N–H and O–H groups in total. The monoisotopic (exact) mass is 312 g/mol. The third-order valence-electron chi connectivity index (χ3n) is 3.88. The van der Waals surface area contributed by atoms with Crippen LogP contribution in [0.15, 0.2) is 34.9 Å². The van der Waals surface area contributed by atoms with E-state index in [0.29, 0.717) is 18.3 Å². The van der Waals surface area contributed by atoms with Gasteiger partial charge in [-0.2, -0.15) is 0 Å². The van der Waals surface area contributed by atoms with E-state index in [0.717, 1.165) is 22.9 Å². The number of hydrogen-bond acceptors (Lipinski definition) is 4. The fourth-order valence-electron chi connectivity index (χ4n) is 2.45. The Kier molecular flexibility index (Phi) is 4.14. The Bertz CT molecular complexity index is 834. The first-order valence-electron chi connectivity index (χ1n) is 7.75. The molecule has 3 aromatic rings. The van der Waals surface area contributed by atoms with Crippen LogP contribution in [0.1, 0.15) is 26.2 Å². The maximum atomic E-state index is 12.1. The molecule has 1 aromatic carbocycles. The maximum absolute atomic E-state index is 12.1. The highest BCUT2D eigenvalue weighted by Gasteiger charge is 2.11. The van der Waals surface area contributed by atoms with Crippen molar-refractivity contribution in [3.05, 3.63) is 36.4 Å². The van der Waals surface area contributed by atoms with Gasteiger partial charge in [-0.3, -0.25) is 4.79 Å². The molecule has 3 rings (SSSR count). The van der Waals surface area contributed by atoms with Crippen LogP contribution in [0.5, 0.6) is 0 Å². The van der Waals surface area contributed by atoms with Crippen LogP contribution in [0.2, 0.25) is 0 Å². The van der Waals surface area contributed by atoms with Gasteiger partial charge in [-0.1, -0.05) is 13.0 Å². The van der Waals surface area contributed by atoms with Crippen molar-refractivity contribution in [3.63, 3.8) is 0 Å². The van der Waals surface area contributed by atoms with E-state index >= 15 is 0 Å². The molecule has 1 amide bonds. The minimum atomic E-state index is 0.0101. The number of carbonyl (C=O) groups excluding carboxylic acids is 1. The van der Waals surface area contributed by atoms with Crippen molar-refractivity contribution in [2.75, 3.05) is 0 Å². The van der Waals surface area contributed by atoms with Crippen LogP contribution in [0, 0.1) is 6.92 Å². The number of aryl methyl sites for hydroxylation is 1. The molecule has 0 radical (unpaired) electrons. The van der Waals surface area contributed by atoms with Crippen molar-refractivity contribution in [1.29, 1.82) is 0 Å². The summed E-state index contributed by atoms with van der Waals surface area (Å²) in [5, 5.41) is 12.0. The number of fused-ring (bicyclic) bond motifs is 1. The molecule has 0 aliphatic heterocycles. The molecule has 0 spiro atoms. The molecular formula is C17H20N4O2. The zero-order valence-corrected chi connectivity index (χ0v) is 13.5. The van der Waals surface area contributed by atoms with E-state index in [4.69, 9.17) is 4.42 Å². The van der Waals surface area contributed by atoms with Crippen LogP contribution in [0.3, 0.4) is 0 Å². The summed E-state index contributed by atoms with van der Waals surface area (Å²) in [4.78, 5) is 12.1. The molecule has 0 bridgehead atoms. The minimum absolute atomic E-state index is 0.0101. The number of rotatable bonds is 5. The largest absolute Gasteiger partial charge is 0.421 e. The van der Waals surface area contributed by atoms with Crippen molar-refractivity contribution in [2.45, 2.75) is 39.8 Å². The third kappa shape index (κ3) is 3.26. The minimum Gasteiger partial charge on any atom is -0.421 e. The maximum Gasteiger partial charge on any atom is 0.247 e. The normalized spacial score (nSPS) is 12.5. The number of aromatic nitrogens is 3. The highest BCUT2D eigenvalue weighted by atomic mass is 16.4. The van der Waals surface area contributed by atoms with Crippen molar-refractivity contribution in [2.24, 2.45) is 0 Å². The average Bonchev–Trinajstić information content (AvgIpc) is 3.13. The van der Waals surface area contributed by atoms with Gasteiger partial charge in [-0.15, -0.1) is 10.2 Å². The molecule has 0 unspecified atom stereocenters. The summed E-state index contributed by atoms with van der Waals surface area (Å²) >= 11 is 0. The first-order chi connectivity index (χ1) is 11.1. The van der Waals surface area contributed by atoms with Gasteiger partial charge in [0.1, 0.15) is 6.54 Å². The van der Waals surface area contributed by atoms with Crippen molar-refractivity contribution >= 4 is 16.8 Å². The topological polar surface area (TPSA) is 73.0 Å². The third-order valence-corrected chi connectivity index (χ3v) is 3.88. The molecule has 0 saturated heterocycles. The van der Waals surface area contributed by atoms with E-state index in [2.05, 4.69) is 22.4 Å². The van der Waals surface area contributed by atoms with Gasteiger partial charge >= 0.3 is 0 Å². The molecule has 0 fully saturated rings. The predicted molar refractivity (Wildman–Crippen MR) is 87.9 cm³/mol. The highest BCUT2D eigenvalue weighted by molar-refractivity contribution is 5.86. The molecule has 1 atom stereocenters. The molecule has 2 heterocycles. The average molecular weight is 312 g/mol. The standard InChI is InChI=1S/C17H20N4O2/c1-4-11(2)18-16(22)10-21-8-7-13-5-6-14(9-15(13)21)17-20-19-12(3)23-17/h5-9,11H,4,10H2,1-3H3,(H,18,22)/t11-/m0/s1. The van der Waals surface area contributed by atoms with E-state index in [1.807, 2.05) is 42.0 Å². The SMILES string of the molecule is CC[C@H](C)NC(=O)Cn1ccc2ccc(-c3nnc(C)o3)cc21. The van der Waals surface area contributed by atoms with E-state index < -0.39 is 0 Å². The zero-order chi connectivity index (χ0) is 16.4. The van der Waals surface area contributed by atoms with Gasteiger partial charge in [0, 0.05) is 30.2 Å². The summed E-state index contributed by atoms with van der Waals surface area (Å²) in [7, 11) is 0.